The number of methoxy groups -OCH3 is 1. The van der Waals surface area contributed by atoms with Gasteiger partial charge in [0.05, 0.1) is 7.11 Å². The Labute approximate surface area is 149 Å². The predicted molar refractivity (Wildman–Crippen MR) is 100 cm³/mol. The molecular formula is C20H26N2O3. The molecule has 0 radical (unpaired) electrons. The highest BCUT2D eigenvalue weighted by Crippen LogP contribution is 2.26. The van der Waals surface area contributed by atoms with Crippen LogP contribution in [-0.4, -0.2) is 39.3 Å². The summed E-state index contributed by atoms with van der Waals surface area (Å²) in [7, 11) is 3.63. The summed E-state index contributed by atoms with van der Waals surface area (Å²) < 4.78 is 10.9. The van der Waals surface area contributed by atoms with Crippen LogP contribution in [0.3, 0.4) is 0 Å². The maximum absolute atomic E-state index is 12.2. The number of hydrogen-bond donors (Lipinski definition) is 1. The van der Waals surface area contributed by atoms with Crippen LogP contribution in [0.25, 0.3) is 0 Å². The first-order valence-electron chi connectivity index (χ1n) is 8.45. The molecule has 5 nitrogen and oxygen atoms in total. The predicted octanol–water partition coefficient (Wildman–Crippen LogP) is 3.11. The second-order valence-corrected chi connectivity index (χ2v) is 5.81. The van der Waals surface area contributed by atoms with Crippen LogP contribution in [0.4, 0.5) is 5.69 Å². The molecule has 25 heavy (non-hydrogen) atoms. The van der Waals surface area contributed by atoms with E-state index in [9.17, 15) is 4.79 Å². The minimum atomic E-state index is -0.580. The van der Waals surface area contributed by atoms with Crippen molar-refractivity contribution in [2.75, 3.05) is 32.1 Å². The third kappa shape index (κ3) is 5.71. The SMILES string of the molecule is COc1ccccc1O[C@H](C)C(=O)NCCCN(C)c1ccccc1. The van der Waals surface area contributed by atoms with Gasteiger partial charge in [0.1, 0.15) is 0 Å². The lowest BCUT2D eigenvalue weighted by molar-refractivity contribution is -0.127. The number of carbonyl (C=O) groups excluding carboxylic acids is 1. The van der Waals surface area contributed by atoms with E-state index >= 15 is 0 Å². The molecule has 0 aliphatic heterocycles. The Morgan fingerprint density at radius 3 is 2.40 bits per heavy atom. The highest BCUT2D eigenvalue weighted by Gasteiger charge is 2.16. The van der Waals surface area contributed by atoms with Gasteiger partial charge in [-0.2, -0.15) is 0 Å². The number of rotatable bonds is 9. The van der Waals surface area contributed by atoms with Gasteiger partial charge in [-0.1, -0.05) is 30.3 Å². The number of anilines is 1. The number of ether oxygens (including phenoxy) is 2. The lowest BCUT2D eigenvalue weighted by atomic mass is 10.2. The first-order chi connectivity index (χ1) is 12.1. The van der Waals surface area contributed by atoms with Gasteiger partial charge in [0, 0.05) is 25.8 Å². The monoisotopic (exact) mass is 342 g/mol. The number of amides is 1. The molecule has 1 amide bonds. The van der Waals surface area contributed by atoms with Crippen molar-refractivity contribution in [1.82, 2.24) is 5.32 Å². The largest absolute Gasteiger partial charge is 0.493 e. The molecule has 0 saturated carbocycles. The summed E-state index contributed by atoms with van der Waals surface area (Å²) in [5, 5.41) is 2.92. The van der Waals surface area contributed by atoms with Crippen molar-refractivity contribution in [3.8, 4) is 11.5 Å². The van der Waals surface area contributed by atoms with E-state index in [4.69, 9.17) is 9.47 Å². The highest BCUT2D eigenvalue weighted by molar-refractivity contribution is 5.80. The molecule has 0 aliphatic carbocycles. The topological polar surface area (TPSA) is 50.8 Å². The van der Waals surface area contributed by atoms with Crippen molar-refractivity contribution in [2.45, 2.75) is 19.4 Å². The number of nitrogens with zero attached hydrogens (tertiary/aromatic N) is 1. The average Bonchev–Trinajstić information content (AvgIpc) is 2.65. The molecule has 0 heterocycles. The summed E-state index contributed by atoms with van der Waals surface area (Å²) in [4.78, 5) is 14.3. The van der Waals surface area contributed by atoms with E-state index in [-0.39, 0.29) is 5.91 Å². The first kappa shape index (κ1) is 18.6. The van der Waals surface area contributed by atoms with Gasteiger partial charge >= 0.3 is 0 Å². The molecule has 5 heteroatoms. The summed E-state index contributed by atoms with van der Waals surface area (Å²) in [6.45, 7) is 3.21. The highest BCUT2D eigenvalue weighted by atomic mass is 16.5. The molecule has 0 spiro atoms. The molecule has 0 fully saturated rings. The van der Waals surface area contributed by atoms with Crippen LogP contribution in [-0.2, 0) is 4.79 Å². The zero-order valence-electron chi connectivity index (χ0n) is 15.1. The Morgan fingerprint density at radius 1 is 1.08 bits per heavy atom. The number of carbonyl (C=O) groups is 1. The summed E-state index contributed by atoms with van der Waals surface area (Å²) in [5.41, 5.74) is 1.17. The molecule has 0 aromatic heterocycles. The fourth-order valence-electron chi connectivity index (χ4n) is 2.44. The fourth-order valence-corrected chi connectivity index (χ4v) is 2.44. The Morgan fingerprint density at radius 2 is 1.72 bits per heavy atom. The van der Waals surface area contributed by atoms with Crippen molar-refractivity contribution in [3.63, 3.8) is 0 Å². The second-order valence-electron chi connectivity index (χ2n) is 5.81. The van der Waals surface area contributed by atoms with Crippen molar-refractivity contribution >= 4 is 11.6 Å². The average molecular weight is 342 g/mol. The molecule has 134 valence electrons. The smallest absolute Gasteiger partial charge is 0.260 e. The normalized spacial score (nSPS) is 11.5. The van der Waals surface area contributed by atoms with Crippen LogP contribution in [0.1, 0.15) is 13.3 Å². The van der Waals surface area contributed by atoms with Crippen LogP contribution in [0, 0.1) is 0 Å². The number of para-hydroxylation sites is 3. The molecule has 2 rings (SSSR count). The fraction of sp³-hybridized carbons (Fsp3) is 0.350. The van der Waals surface area contributed by atoms with E-state index < -0.39 is 6.10 Å². The maximum Gasteiger partial charge on any atom is 0.260 e. The van der Waals surface area contributed by atoms with Gasteiger partial charge in [-0.15, -0.1) is 0 Å². The lowest BCUT2D eigenvalue weighted by Gasteiger charge is -2.20. The van der Waals surface area contributed by atoms with Crippen molar-refractivity contribution in [1.29, 1.82) is 0 Å². The maximum atomic E-state index is 12.2. The zero-order valence-corrected chi connectivity index (χ0v) is 15.1. The molecule has 2 aromatic carbocycles. The zero-order chi connectivity index (χ0) is 18.1. The molecule has 0 saturated heterocycles. The van der Waals surface area contributed by atoms with Crippen molar-refractivity contribution < 1.29 is 14.3 Å². The molecule has 1 N–H and O–H groups in total. The van der Waals surface area contributed by atoms with E-state index in [0.29, 0.717) is 18.0 Å². The van der Waals surface area contributed by atoms with Crippen LogP contribution in [0.5, 0.6) is 11.5 Å². The van der Waals surface area contributed by atoms with Gasteiger partial charge < -0.3 is 19.7 Å². The van der Waals surface area contributed by atoms with Gasteiger partial charge in [-0.3, -0.25) is 4.79 Å². The molecule has 1 atom stereocenters. The van der Waals surface area contributed by atoms with Gasteiger partial charge in [0.25, 0.3) is 5.91 Å². The summed E-state index contributed by atoms with van der Waals surface area (Å²) >= 11 is 0. The van der Waals surface area contributed by atoms with Gasteiger partial charge in [-0.25, -0.2) is 0 Å². The minimum absolute atomic E-state index is 0.131. The summed E-state index contributed by atoms with van der Waals surface area (Å²) in [6.07, 6.45) is 0.279. The van der Waals surface area contributed by atoms with Crippen LogP contribution < -0.4 is 19.7 Å². The van der Waals surface area contributed by atoms with Gasteiger partial charge in [0.2, 0.25) is 0 Å². The van der Waals surface area contributed by atoms with Gasteiger partial charge in [0.15, 0.2) is 17.6 Å². The van der Waals surface area contributed by atoms with Crippen LogP contribution in [0.2, 0.25) is 0 Å². The third-order valence-corrected chi connectivity index (χ3v) is 3.91. The summed E-state index contributed by atoms with van der Waals surface area (Å²) in [6, 6.07) is 17.5. The Hall–Kier alpha value is -2.69. The van der Waals surface area contributed by atoms with E-state index in [2.05, 4.69) is 22.3 Å². The number of hydrogen-bond acceptors (Lipinski definition) is 4. The van der Waals surface area contributed by atoms with E-state index in [1.54, 1.807) is 26.2 Å². The minimum Gasteiger partial charge on any atom is -0.493 e. The summed E-state index contributed by atoms with van der Waals surface area (Å²) in [5.74, 6) is 1.05. The Kier molecular flexibility index (Phi) is 7.14. The van der Waals surface area contributed by atoms with Crippen LogP contribution >= 0.6 is 0 Å². The van der Waals surface area contributed by atoms with Gasteiger partial charge in [-0.05, 0) is 37.6 Å². The van der Waals surface area contributed by atoms with Crippen LogP contribution in [0.15, 0.2) is 54.6 Å². The molecule has 0 bridgehead atoms. The molecule has 2 aromatic rings. The Bertz CT molecular complexity index is 661. The Balaban J connectivity index is 1.72. The standard InChI is InChI=1S/C20H26N2O3/c1-16(25-19-13-8-7-12-18(19)24-3)20(23)21-14-9-15-22(2)17-10-5-4-6-11-17/h4-8,10-13,16H,9,14-15H2,1-3H3,(H,21,23)/t16-/m1/s1. The lowest BCUT2D eigenvalue weighted by Crippen LogP contribution is -2.37. The quantitative estimate of drug-likeness (QED) is 0.712. The molecule has 0 aliphatic rings. The first-order valence-corrected chi connectivity index (χ1v) is 8.45. The number of benzene rings is 2. The van der Waals surface area contributed by atoms with Crippen molar-refractivity contribution in [2.24, 2.45) is 0 Å². The number of nitrogens with one attached hydrogen (secondary N) is 1. The van der Waals surface area contributed by atoms with E-state index in [1.165, 1.54) is 5.69 Å². The third-order valence-electron chi connectivity index (χ3n) is 3.91. The second kappa shape index (κ2) is 9.57. The van der Waals surface area contributed by atoms with E-state index in [1.807, 2.05) is 37.4 Å². The molecular weight excluding hydrogens is 316 g/mol. The van der Waals surface area contributed by atoms with E-state index in [0.717, 1.165) is 13.0 Å². The van der Waals surface area contributed by atoms with Crippen molar-refractivity contribution in [3.05, 3.63) is 54.6 Å². The molecule has 0 unspecified atom stereocenters.